The highest BCUT2D eigenvalue weighted by Gasteiger charge is 2.23. The van der Waals surface area contributed by atoms with Crippen molar-refractivity contribution in [2.24, 2.45) is 0 Å². The summed E-state index contributed by atoms with van der Waals surface area (Å²) < 4.78 is 2.51. The molecule has 51 heavy (non-hydrogen) atoms. The molecule has 2 saturated heterocycles. The van der Waals surface area contributed by atoms with E-state index in [0.717, 1.165) is 39.0 Å². The minimum absolute atomic E-state index is 1.06. The lowest BCUT2D eigenvalue weighted by Crippen LogP contribution is -2.29. The van der Waals surface area contributed by atoms with Crippen LogP contribution in [0.15, 0.2) is 121 Å². The second-order valence-electron chi connectivity index (χ2n) is 14.9. The van der Waals surface area contributed by atoms with Gasteiger partial charge in [0.15, 0.2) is 0 Å². The summed E-state index contributed by atoms with van der Waals surface area (Å²) in [5.41, 5.74) is 13.3. The van der Waals surface area contributed by atoms with E-state index in [1.165, 1.54) is 122 Å². The molecule has 0 N–H and O–H groups in total. The fourth-order valence-corrected chi connectivity index (χ4v) is 9.38. The Hall–Kier alpha value is -5.28. The van der Waals surface area contributed by atoms with Crippen LogP contribution in [0.25, 0.3) is 66.5 Å². The first kappa shape index (κ1) is 30.5. The van der Waals surface area contributed by atoms with Crippen molar-refractivity contribution in [2.75, 3.05) is 36.0 Å². The molecule has 0 bridgehead atoms. The largest absolute Gasteiger partial charge is 0.372 e. The van der Waals surface area contributed by atoms with Gasteiger partial charge < -0.3 is 14.4 Å². The van der Waals surface area contributed by atoms with E-state index in [0.29, 0.717) is 0 Å². The van der Waals surface area contributed by atoms with E-state index in [9.17, 15) is 0 Å². The van der Waals surface area contributed by atoms with Crippen LogP contribution < -0.4 is 9.80 Å². The van der Waals surface area contributed by atoms with Crippen LogP contribution in [-0.4, -0.2) is 30.7 Å². The van der Waals surface area contributed by atoms with Crippen LogP contribution in [0.4, 0.5) is 11.4 Å². The molecule has 0 spiro atoms. The molecular formula is C48H45N3. The minimum atomic E-state index is 1.06. The number of hydrogen-bond acceptors (Lipinski definition) is 2. The number of hydrogen-bond donors (Lipinski definition) is 0. The van der Waals surface area contributed by atoms with Gasteiger partial charge in [0.25, 0.3) is 0 Å². The van der Waals surface area contributed by atoms with Crippen molar-refractivity contribution in [3.05, 3.63) is 133 Å². The summed E-state index contributed by atoms with van der Waals surface area (Å²) in [4.78, 5) is 5.22. The molecule has 0 amide bonds. The van der Waals surface area contributed by atoms with Crippen LogP contribution in [0.3, 0.4) is 0 Å². The number of aromatic nitrogens is 1. The predicted molar refractivity (Wildman–Crippen MR) is 219 cm³/mol. The molecule has 0 radical (unpaired) electrons. The quantitative estimate of drug-likeness (QED) is 0.170. The molecular weight excluding hydrogens is 619 g/mol. The van der Waals surface area contributed by atoms with E-state index in [1.807, 2.05) is 0 Å². The molecule has 1 aliphatic carbocycles. The third-order valence-corrected chi connectivity index (χ3v) is 11.8. The maximum absolute atomic E-state index is 2.61. The van der Waals surface area contributed by atoms with E-state index in [4.69, 9.17) is 0 Å². The zero-order valence-corrected chi connectivity index (χ0v) is 29.5. The number of fused-ring (bicyclic) bond motifs is 5. The maximum atomic E-state index is 2.61. The van der Waals surface area contributed by atoms with Crippen LogP contribution in [0.2, 0.25) is 0 Å². The molecule has 2 aliphatic heterocycles. The molecule has 2 fully saturated rings. The first-order valence-corrected chi connectivity index (χ1v) is 19.3. The van der Waals surface area contributed by atoms with Crippen molar-refractivity contribution in [3.8, 4) is 27.9 Å². The highest BCUT2D eigenvalue weighted by Crippen LogP contribution is 2.47. The Morgan fingerprint density at radius 3 is 1.65 bits per heavy atom. The Bertz CT molecular complexity index is 2420. The zero-order chi connectivity index (χ0) is 33.7. The van der Waals surface area contributed by atoms with Gasteiger partial charge in [-0.05, 0) is 144 Å². The molecule has 6 aromatic carbocycles. The van der Waals surface area contributed by atoms with Crippen LogP contribution in [0, 0.1) is 0 Å². The second-order valence-corrected chi connectivity index (χ2v) is 14.9. The number of nitrogens with zero attached hydrogens (tertiary/aromatic N) is 3. The SMILES string of the molecule is C1=Cc2c(n(-c3ccccc3)c3ccc(-c4c5ccc(N6CCCCC6)cc5c(-c5ccccc5)c5ccc(N6CCCCC6)cc45)cc23)CC1. The van der Waals surface area contributed by atoms with Crippen molar-refractivity contribution in [2.45, 2.75) is 51.4 Å². The Labute approximate surface area is 301 Å². The van der Waals surface area contributed by atoms with Crippen LogP contribution >= 0.6 is 0 Å². The summed E-state index contributed by atoms with van der Waals surface area (Å²) in [7, 11) is 0. The van der Waals surface area contributed by atoms with Gasteiger partial charge in [-0.2, -0.15) is 0 Å². The van der Waals surface area contributed by atoms with Gasteiger partial charge >= 0.3 is 0 Å². The van der Waals surface area contributed by atoms with Gasteiger partial charge in [-0.1, -0.05) is 78.9 Å². The normalized spacial score (nSPS) is 16.3. The first-order valence-electron chi connectivity index (χ1n) is 19.3. The number of benzene rings is 6. The van der Waals surface area contributed by atoms with Crippen molar-refractivity contribution in [3.63, 3.8) is 0 Å². The number of rotatable bonds is 5. The van der Waals surface area contributed by atoms with Crippen LogP contribution in [-0.2, 0) is 6.42 Å². The van der Waals surface area contributed by atoms with Gasteiger partial charge in [-0.25, -0.2) is 0 Å². The predicted octanol–water partition coefficient (Wildman–Crippen LogP) is 12.2. The summed E-state index contributed by atoms with van der Waals surface area (Å²) in [6, 6.07) is 44.1. The standard InChI is InChI=1S/C48H45N3/c1-5-15-34(16-6-1)47-40-24-22-38(50-29-13-4-14-30-50)33-44(40)48(41-25-23-37(32-43(41)47)49-27-11-3-12-28-49)35-21-26-46-42(31-35)39-19-9-10-20-45(39)51(46)36-17-7-2-8-18-36/h1-2,5-9,15-19,21-26,31-33H,3-4,10-14,20,27-30H2. The Kier molecular flexibility index (Phi) is 7.66. The number of piperidine rings is 2. The molecule has 0 saturated carbocycles. The fraction of sp³-hybridized carbons (Fsp3) is 0.250. The molecule has 252 valence electrons. The van der Waals surface area contributed by atoms with Crippen molar-refractivity contribution in [1.29, 1.82) is 0 Å². The van der Waals surface area contributed by atoms with Gasteiger partial charge in [0.05, 0.1) is 5.52 Å². The summed E-state index contributed by atoms with van der Waals surface area (Å²) in [5.74, 6) is 0. The van der Waals surface area contributed by atoms with Gasteiger partial charge in [-0.3, -0.25) is 0 Å². The lowest BCUT2D eigenvalue weighted by molar-refractivity contribution is 0.578. The van der Waals surface area contributed by atoms with Crippen LogP contribution in [0.1, 0.15) is 56.2 Å². The van der Waals surface area contributed by atoms with Crippen LogP contribution in [0.5, 0.6) is 0 Å². The molecule has 3 nitrogen and oxygen atoms in total. The molecule has 1 aromatic heterocycles. The van der Waals surface area contributed by atoms with Crippen molar-refractivity contribution < 1.29 is 0 Å². The summed E-state index contributed by atoms with van der Waals surface area (Å²) >= 11 is 0. The number of para-hydroxylation sites is 1. The van der Waals surface area contributed by atoms with Crippen molar-refractivity contribution >= 4 is 49.9 Å². The Balaban J connectivity index is 1.28. The molecule has 3 aliphatic rings. The van der Waals surface area contributed by atoms with Gasteiger partial charge in [-0.15, -0.1) is 0 Å². The van der Waals surface area contributed by atoms with E-state index in [-0.39, 0.29) is 0 Å². The van der Waals surface area contributed by atoms with E-state index in [2.05, 4.69) is 142 Å². The van der Waals surface area contributed by atoms with Crippen molar-refractivity contribution in [1.82, 2.24) is 4.57 Å². The average Bonchev–Trinajstić information content (AvgIpc) is 3.54. The summed E-state index contributed by atoms with van der Waals surface area (Å²) in [5, 5.41) is 6.71. The lowest BCUT2D eigenvalue weighted by atomic mass is 9.85. The van der Waals surface area contributed by atoms with Gasteiger partial charge in [0.1, 0.15) is 0 Å². The topological polar surface area (TPSA) is 11.4 Å². The molecule has 0 atom stereocenters. The summed E-state index contributed by atoms with van der Waals surface area (Å²) in [6.45, 7) is 4.55. The number of allylic oxidation sites excluding steroid dienone is 1. The average molecular weight is 664 g/mol. The third kappa shape index (κ3) is 5.25. The smallest absolute Gasteiger partial charge is 0.0538 e. The molecule has 3 heteroatoms. The lowest BCUT2D eigenvalue weighted by Gasteiger charge is -2.30. The Morgan fingerprint density at radius 1 is 0.431 bits per heavy atom. The van der Waals surface area contributed by atoms with E-state index in [1.54, 1.807) is 0 Å². The molecule has 3 heterocycles. The Morgan fingerprint density at radius 2 is 1.02 bits per heavy atom. The fourth-order valence-electron chi connectivity index (χ4n) is 9.38. The molecule has 7 aromatic rings. The second kappa shape index (κ2) is 12.8. The molecule has 0 unspecified atom stereocenters. The van der Waals surface area contributed by atoms with Gasteiger partial charge in [0, 0.05) is 59.9 Å². The zero-order valence-electron chi connectivity index (χ0n) is 29.5. The third-order valence-electron chi connectivity index (χ3n) is 11.8. The minimum Gasteiger partial charge on any atom is -0.372 e. The first-order chi connectivity index (χ1) is 25.3. The van der Waals surface area contributed by atoms with E-state index < -0.39 is 0 Å². The highest BCUT2D eigenvalue weighted by atomic mass is 15.1. The monoisotopic (exact) mass is 663 g/mol. The highest BCUT2D eigenvalue weighted by molar-refractivity contribution is 6.22. The molecule has 10 rings (SSSR count). The van der Waals surface area contributed by atoms with E-state index >= 15 is 0 Å². The van der Waals surface area contributed by atoms with Gasteiger partial charge in [0.2, 0.25) is 0 Å². The number of anilines is 2. The summed E-state index contributed by atoms with van der Waals surface area (Å²) in [6.07, 6.45) is 14.6. The maximum Gasteiger partial charge on any atom is 0.0538 e.